The minimum atomic E-state index is -3.01. The Bertz CT molecular complexity index is 1480. The molecule has 5 heterocycles. The number of fused-ring (bicyclic) bond motifs is 2. The number of likely N-dealkylation sites (tertiary alicyclic amines) is 1. The van der Waals surface area contributed by atoms with Crippen LogP contribution < -0.4 is 16.2 Å². The van der Waals surface area contributed by atoms with E-state index >= 15 is 0 Å². The molecule has 13 heteroatoms. The SMILES string of the molecule is Cc1cc(Nc2ncnc3sc(C(=O)N4CCC(N(C)C)CC4)cc23)c(=O)n2c1C(=O)NCCC(F)(F)CC2. The third-order valence-corrected chi connectivity index (χ3v) is 8.48. The molecular weight excluding hydrogens is 528 g/mol. The molecule has 0 unspecified atom stereocenters. The highest BCUT2D eigenvalue weighted by Gasteiger charge is 2.32. The van der Waals surface area contributed by atoms with Crippen molar-refractivity contribution < 1.29 is 18.4 Å². The number of aromatic nitrogens is 3. The number of nitrogens with one attached hydrogen (secondary N) is 2. The van der Waals surface area contributed by atoms with Gasteiger partial charge in [-0.2, -0.15) is 0 Å². The second-order valence-electron chi connectivity index (χ2n) is 10.3. The van der Waals surface area contributed by atoms with Crippen molar-refractivity contribution in [2.24, 2.45) is 0 Å². The van der Waals surface area contributed by atoms with Gasteiger partial charge >= 0.3 is 0 Å². The van der Waals surface area contributed by atoms with E-state index < -0.39 is 30.2 Å². The number of rotatable bonds is 4. The minimum Gasteiger partial charge on any atom is -0.351 e. The summed E-state index contributed by atoms with van der Waals surface area (Å²) in [6.07, 6.45) is 2.10. The predicted octanol–water partition coefficient (Wildman–Crippen LogP) is 3.23. The first-order chi connectivity index (χ1) is 18.5. The van der Waals surface area contributed by atoms with E-state index in [1.54, 1.807) is 13.0 Å². The van der Waals surface area contributed by atoms with Gasteiger partial charge in [0.05, 0.1) is 10.3 Å². The Balaban J connectivity index is 1.45. The van der Waals surface area contributed by atoms with E-state index in [0.29, 0.717) is 45.6 Å². The third-order valence-electron chi connectivity index (χ3n) is 7.45. The normalized spacial score (nSPS) is 18.3. The number of carbonyl (C=O) groups is 2. The van der Waals surface area contributed by atoms with E-state index in [1.165, 1.54) is 23.7 Å². The van der Waals surface area contributed by atoms with E-state index in [2.05, 4.69) is 25.5 Å². The van der Waals surface area contributed by atoms with Gasteiger partial charge < -0.3 is 25.0 Å². The molecule has 5 rings (SSSR count). The highest BCUT2D eigenvalue weighted by atomic mass is 32.1. The lowest BCUT2D eigenvalue weighted by molar-refractivity contribution is -0.0182. The van der Waals surface area contributed by atoms with Gasteiger partial charge in [-0.25, -0.2) is 18.7 Å². The number of nitrogens with zero attached hydrogens (tertiary/aromatic N) is 5. The number of pyridine rings is 1. The molecule has 10 nitrogen and oxygen atoms in total. The Kier molecular flexibility index (Phi) is 7.38. The summed E-state index contributed by atoms with van der Waals surface area (Å²) in [4.78, 5) is 53.1. The zero-order valence-corrected chi connectivity index (χ0v) is 22.9. The second-order valence-corrected chi connectivity index (χ2v) is 11.4. The van der Waals surface area contributed by atoms with Crippen LogP contribution in [0.4, 0.5) is 20.3 Å². The Morgan fingerprint density at radius 2 is 1.90 bits per heavy atom. The van der Waals surface area contributed by atoms with Gasteiger partial charge in [-0.15, -0.1) is 11.3 Å². The van der Waals surface area contributed by atoms with Crippen LogP contribution in [-0.4, -0.2) is 81.8 Å². The fourth-order valence-corrected chi connectivity index (χ4v) is 6.15. The van der Waals surface area contributed by atoms with E-state index in [-0.39, 0.29) is 30.4 Å². The fourth-order valence-electron chi connectivity index (χ4n) is 5.18. The average molecular weight is 560 g/mol. The van der Waals surface area contributed by atoms with Crippen LogP contribution in [0.15, 0.2) is 23.3 Å². The van der Waals surface area contributed by atoms with Gasteiger partial charge in [0.25, 0.3) is 23.3 Å². The highest BCUT2D eigenvalue weighted by Crippen LogP contribution is 2.31. The van der Waals surface area contributed by atoms with Crippen LogP contribution in [0.25, 0.3) is 10.2 Å². The number of hydrogen-bond donors (Lipinski definition) is 2. The summed E-state index contributed by atoms with van der Waals surface area (Å²) in [6, 6.07) is 3.69. The summed E-state index contributed by atoms with van der Waals surface area (Å²) in [5, 5.41) is 6.08. The number of anilines is 2. The topological polar surface area (TPSA) is 112 Å². The molecule has 208 valence electrons. The molecule has 1 saturated heterocycles. The predicted molar refractivity (Wildman–Crippen MR) is 145 cm³/mol. The lowest BCUT2D eigenvalue weighted by Gasteiger charge is -2.35. The van der Waals surface area contributed by atoms with Crippen molar-refractivity contribution in [3.63, 3.8) is 0 Å². The summed E-state index contributed by atoms with van der Waals surface area (Å²) in [6.45, 7) is 2.52. The summed E-state index contributed by atoms with van der Waals surface area (Å²) in [7, 11) is 4.09. The molecule has 0 saturated carbocycles. The monoisotopic (exact) mass is 559 g/mol. The number of thiophene rings is 1. The molecule has 2 aliphatic heterocycles. The smallest absolute Gasteiger partial charge is 0.274 e. The summed E-state index contributed by atoms with van der Waals surface area (Å²) < 4.78 is 29.6. The van der Waals surface area contributed by atoms with Crippen molar-refractivity contribution in [2.45, 2.75) is 51.1 Å². The van der Waals surface area contributed by atoms with Gasteiger partial charge in [-0.1, -0.05) is 0 Å². The Morgan fingerprint density at radius 1 is 1.15 bits per heavy atom. The average Bonchev–Trinajstić information content (AvgIpc) is 3.35. The van der Waals surface area contributed by atoms with Crippen LogP contribution in [0.3, 0.4) is 0 Å². The molecule has 0 bridgehead atoms. The molecule has 0 aliphatic carbocycles. The first-order valence-corrected chi connectivity index (χ1v) is 13.7. The standard InChI is InChI=1S/C26H31F2N7O3S/c1-15-12-18(24(37)35-11-7-26(27,28)6-8-29-22(36)20(15)35)32-21-17-13-19(39-23(17)31-14-30-21)25(38)34-9-4-16(5-10-34)33(2)3/h12-14,16H,4-11H2,1-3H3,(H,29,36)(H,30,31,32). The van der Waals surface area contributed by atoms with Gasteiger partial charge in [0.1, 0.15) is 28.4 Å². The second kappa shape index (κ2) is 10.6. The van der Waals surface area contributed by atoms with Crippen LogP contribution in [0, 0.1) is 6.92 Å². The molecule has 3 aromatic rings. The lowest BCUT2D eigenvalue weighted by atomic mass is 10.0. The summed E-state index contributed by atoms with van der Waals surface area (Å²) >= 11 is 1.26. The first-order valence-electron chi connectivity index (χ1n) is 12.9. The van der Waals surface area contributed by atoms with Gasteiger partial charge in [0.2, 0.25) is 0 Å². The summed E-state index contributed by atoms with van der Waals surface area (Å²) in [5.74, 6) is -3.32. The van der Waals surface area contributed by atoms with Crippen molar-refractivity contribution in [1.29, 1.82) is 0 Å². The number of hydrogen-bond acceptors (Lipinski definition) is 8. The number of alkyl halides is 2. The summed E-state index contributed by atoms with van der Waals surface area (Å²) in [5.41, 5.74) is 0.0203. The highest BCUT2D eigenvalue weighted by molar-refractivity contribution is 7.20. The molecule has 3 aromatic heterocycles. The van der Waals surface area contributed by atoms with Crippen LogP contribution in [0.5, 0.6) is 0 Å². The van der Waals surface area contributed by atoms with Gasteiger partial charge in [0.15, 0.2) is 0 Å². The van der Waals surface area contributed by atoms with E-state index in [4.69, 9.17) is 0 Å². The number of halogens is 2. The van der Waals surface area contributed by atoms with Crippen molar-refractivity contribution in [3.05, 3.63) is 44.9 Å². The van der Waals surface area contributed by atoms with E-state index in [1.807, 2.05) is 19.0 Å². The number of carbonyl (C=O) groups excluding carboxylic acids is 2. The molecule has 0 aromatic carbocycles. The van der Waals surface area contributed by atoms with Gasteiger partial charge in [-0.3, -0.25) is 14.4 Å². The zero-order valence-electron chi connectivity index (χ0n) is 22.1. The van der Waals surface area contributed by atoms with Crippen molar-refractivity contribution in [3.8, 4) is 0 Å². The first kappa shape index (κ1) is 27.1. The molecular formula is C26H31F2N7O3S. The fraction of sp³-hybridized carbons (Fsp3) is 0.500. The van der Waals surface area contributed by atoms with Crippen molar-refractivity contribution in [1.82, 2.24) is 29.7 Å². The van der Waals surface area contributed by atoms with Crippen molar-refractivity contribution in [2.75, 3.05) is 39.0 Å². The van der Waals surface area contributed by atoms with Crippen LogP contribution in [0.1, 0.15) is 51.4 Å². The maximum atomic E-state index is 14.2. The maximum absolute atomic E-state index is 14.2. The molecule has 0 radical (unpaired) electrons. The van der Waals surface area contributed by atoms with Gasteiger partial charge in [-0.05, 0) is 51.6 Å². The lowest BCUT2D eigenvalue weighted by Crippen LogP contribution is -2.44. The third kappa shape index (κ3) is 5.50. The molecule has 39 heavy (non-hydrogen) atoms. The Labute approximate surface area is 228 Å². The van der Waals surface area contributed by atoms with Crippen LogP contribution >= 0.6 is 11.3 Å². The largest absolute Gasteiger partial charge is 0.351 e. The van der Waals surface area contributed by atoms with Crippen molar-refractivity contribution >= 4 is 44.9 Å². The molecule has 0 atom stereocenters. The van der Waals surface area contributed by atoms with Crippen LogP contribution in [0.2, 0.25) is 0 Å². The molecule has 2 N–H and O–H groups in total. The Hall–Kier alpha value is -3.45. The quantitative estimate of drug-likeness (QED) is 0.505. The van der Waals surface area contributed by atoms with Crippen LogP contribution in [-0.2, 0) is 6.54 Å². The molecule has 2 aliphatic rings. The Morgan fingerprint density at radius 3 is 2.62 bits per heavy atom. The van der Waals surface area contributed by atoms with E-state index in [0.717, 1.165) is 17.4 Å². The molecule has 1 fully saturated rings. The zero-order chi connectivity index (χ0) is 27.9. The molecule has 2 amide bonds. The van der Waals surface area contributed by atoms with Gasteiger partial charge in [0, 0.05) is 45.1 Å². The maximum Gasteiger partial charge on any atom is 0.274 e. The molecule has 0 spiro atoms. The number of amides is 2. The number of aryl methyl sites for hydroxylation is 1. The minimum absolute atomic E-state index is 0.0672. The number of piperidine rings is 1. The van der Waals surface area contributed by atoms with E-state index in [9.17, 15) is 23.2 Å².